The highest BCUT2D eigenvalue weighted by Crippen LogP contribution is 2.44. The van der Waals surface area contributed by atoms with Crippen LogP contribution in [0, 0.1) is 17.8 Å². The lowest BCUT2D eigenvalue weighted by Gasteiger charge is -2.39. The third-order valence-electron chi connectivity index (χ3n) is 8.76. The van der Waals surface area contributed by atoms with Crippen LogP contribution in [0.5, 0.6) is 0 Å². The summed E-state index contributed by atoms with van der Waals surface area (Å²) in [7, 11) is 0. The van der Waals surface area contributed by atoms with E-state index in [2.05, 4.69) is 31.3 Å². The molecular weight excluding hydrogens is 481 g/mol. The van der Waals surface area contributed by atoms with E-state index in [0.717, 1.165) is 24.0 Å². The Balaban J connectivity index is 1.36. The summed E-state index contributed by atoms with van der Waals surface area (Å²) in [6.07, 6.45) is 0.548. The van der Waals surface area contributed by atoms with Gasteiger partial charge in [-0.3, -0.25) is 14.4 Å². The van der Waals surface area contributed by atoms with E-state index in [-0.39, 0.29) is 48.4 Å². The highest BCUT2D eigenvalue weighted by atomic mass is 19.1. The summed E-state index contributed by atoms with van der Waals surface area (Å²) < 4.78 is 14.8. The van der Waals surface area contributed by atoms with E-state index in [0.29, 0.717) is 19.0 Å². The molecule has 0 radical (unpaired) electrons. The Kier molecular flexibility index (Phi) is 7.55. The first-order valence-electron chi connectivity index (χ1n) is 13.9. The molecule has 2 bridgehead atoms. The maximum atomic E-state index is 14.8. The molecule has 3 aliphatic rings. The molecule has 6 nitrogen and oxygen atoms in total. The zero-order chi connectivity index (χ0) is 27.0. The molecule has 2 heterocycles. The lowest BCUT2D eigenvalue weighted by atomic mass is 9.83. The number of carbonyl (C=O) groups is 3. The highest BCUT2D eigenvalue weighted by molar-refractivity contribution is 5.90. The molecule has 2 aliphatic heterocycles. The van der Waals surface area contributed by atoms with Crippen LogP contribution >= 0.6 is 0 Å². The molecule has 1 N–H and O–H groups in total. The molecule has 1 saturated carbocycles. The molecule has 5 rings (SSSR count). The fourth-order valence-electron chi connectivity index (χ4n) is 6.67. The fraction of sp³-hybridized carbons (Fsp3) is 0.516. The first-order chi connectivity index (χ1) is 18.2. The number of nitrogens with one attached hydrogen (secondary N) is 1. The second-order valence-corrected chi connectivity index (χ2v) is 11.6. The van der Waals surface area contributed by atoms with Crippen molar-refractivity contribution >= 4 is 17.7 Å². The molecule has 7 heteroatoms. The summed E-state index contributed by atoms with van der Waals surface area (Å²) in [6, 6.07) is 16.7. The number of hydrogen-bond acceptors (Lipinski definition) is 3. The van der Waals surface area contributed by atoms with Crippen LogP contribution in [0.2, 0.25) is 0 Å². The summed E-state index contributed by atoms with van der Waals surface area (Å²) in [5.41, 5.74) is 3.09. The molecule has 5 unspecified atom stereocenters. The van der Waals surface area contributed by atoms with Crippen molar-refractivity contribution in [3.8, 4) is 0 Å². The predicted octanol–water partition coefficient (Wildman–Crippen LogP) is 4.46. The predicted molar refractivity (Wildman–Crippen MR) is 144 cm³/mol. The number of amides is 3. The quantitative estimate of drug-likeness (QED) is 0.613. The van der Waals surface area contributed by atoms with Crippen molar-refractivity contribution in [1.82, 2.24) is 15.1 Å². The minimum Gasteiger partial charge on any atom is -0.343 e. The van der Waals surface area contributed by atoms with Crippen molar-refractivity contribution in [2.24, 2.45) is 17.8 Å². The fourth-order valence-corrected chi connectivity index (χ4v) is 6.67. The van der Waals surface area contributed by atoms with Crippen molar-refractivity contribution in [3.63, 3.8) is 0 Å². The van der Waals surface area contributed by atoms with Gasteiger partial charge in [0.2, 0.25) is 17.7 Å². The van der Waals surface area contributed by atoms with Crippen LogP contribution in [0.15, 0.2) is 54.6 Å². The first-order valence-corrected chi connectivity index (χ1v) is 13.9. The second kappa shape index (κ2) is 10.9. The second-order valence-electron chi connectivity index (χ2n) is 11.6. The first kappa shape index (κ1) is 26.4. The molecule has 0 spiro atoms. The molecule has 2 saturated heterocycles. The van der Waals surface area contributed by atoms with Crippen molar-refractivity contribution < 1.29 is 18.8 Å². The van der Waals surface area contributed by atoms with Gasteiger partial charge in [-0.05, 0) is 47.3 Å². The van der Waals surface area contributed by atoms with Gasteiger partial charge in [0.05, 0.1) is 12.6 Å². The number of benzene rings is 2. The van der Waals surface area contributed by atoms with Gasteiger partial charge in [-0.2, -0.15) is 0 Å². The number of rotatable bonds is 6. The number of likely N-dealkylation sites (tertiary alicyclic amines) is 2. The average Bonchev–Trinajstić information content (AvgIpc) is 3.43. The van der Waals surface area contributed by atoms with Gasteiger partial charge < -0.3 is 15.1 Å². The van der Waals surface area contributed by atoms with Crippen LogP contribution in [-0.4, -0.2) is 59.4 Å². The zero-order valence-corrected chi connectivity index (χ0v) is 22.5. The molecule has 2 aromatic rings. The van der Waals surface area contributed by atoms with E-state index in [1.54, 1.807) is 6.92 Å². The van der Waals surface area contributed by atoms with Gasteiger partial charge in [0.25, 0.3) is 0 Å². The molecule has 5 atom stereocenters. The lowest BCUT2D eigenvalue weighted by Crippen LogP contribution is -2.53. The smallest absolute Gasteiger partial charge is 0.243 e. The van der Waals surface area contributed by atoms with Crippen LogP contribution in [0.1, 0.15) is 68.7 Å². The Hall–Kier alpha value is -3.22. The number of hydrogen-bond donors (Lipinski definition) is 1. The monoisotopic (exact) mass is 519 g/mol. The third kappa shape index (κ3) is 5.20. The zero-order valence-electron chi connectivity index (χ0n) is 22.5. The molecule has 38 heavy (non-hydrogen) atoms. The third-order valence-corrected chi connectivity index (χ3v) is 8.76. The maximum absolute atomic E-state index is 14.8. The summed E-state index contributed by atoms with van der Waals surface area (Å²) >= 11 is 0. The number of halogens is 1. The van der Waals surface area contributed by atoms with Gasteiger partial charge in [-0.25, -0.2) is 4.39 Å². The Morgan fingerprint density at radius 1 is 0.868 bits per heavy atom. The van der Waals surface area contributed by atoms with Gasteiger partial charge in [0.1, 0.15) is 12.2 Å². The van der Waals surface area contributed by atoms with E-state index in [4.69, 9.17) is 0 Å². The average molecular weight is 520 g/mol. The molecule has 0 aromatic heterocycles. The van der Waals surface area contributed by atoms with Gasteiger partial charge >= 0.3 is 0 Å². The maximum Gasteiger partial charge on any atom is 0.243 e. The number of nitrogens with zero attached hydrogens (tertiary/aromatic N) is 2. The summed E-state index contributed by atoms with van der Waals surface area (Å²) in [5.74, 6) is -0.130. The minimum absolute atomic E-state index is 0.00694. The standard InChI is InChI=1S/C31H38FN3O3/c1-19(2)21-9-11-23(12-10-21)29(22-7-5-4-6-8-22)33-30(37)27-15-26(32)18-35(27)31(38)28-24-13-14-25(28)17-34(16-24)20(3)36/h4-12,19,24-29H,13-18H2,1-3H3,(H,33,37). The van der Waals surface area contributed by atoms with Gasteiger partial charge in [0, 0.05) is 32.4 Å². The summed E-state index contributed by atoms with van der Waals surface area (Å²) in [5, 5.41) is 3.16. The molecular formula is C31H38FN3O3. The number of carbonyl (C=O) groups excluding carboxylic acids is 3. The number of piperidine rings is 1. The SMILES string of the molecule is CC(=O)N1CC2CCC(C1)C2C(=O)N1CC(F)CC1C(=O)NC(c1ccccc1)c1ccc(C(C)C)cc1. The Labute approximate surface area is 224 Å². The van der Waals surface area contributed by atoms with Crippen LogP contribution in [-0.2, 0) is 14.4 Å². The van der Waals surface area contributed by atoms with Crippen LogP contribution in [0.3, 0.4) is 0 Å². The van der Waals surface area contributed by atoms with E-state index >= 15 is 0 Å². The molecule has 2 aromatic carbocycles. The van der Waals surface area contributed by atoms with Crippen LogP contribution < -0.4 is 5.32 Å². The van der Waals surface area contributed by atoms with E-state index < -0.39 is 18.3 Å². The minimum atomic E-state index is -1.23. The largest absolute Gasteiger partial charge is 0.343 e. The van der Waals surface area contributed by atoms with Gasteiger partial charge in [-0.1, -0.05) is 68.4 Å². The van der Waals surface area contributed by atoms with Gasteiger partial charge in [0.15, 0.2) is 0 Å². The lowest BCUT2D eigenvalue weighted by molar-refractivity contribution is -0.147. The van der Waals surface area contributed by atoms with E-state index in [1.807, 2.05) is 47.4 Å². The number of alkyl halides is 1. The van der Waals surface area contributed by atoms with Crippen molar-refractivity contribution in [3.05, 3.63) is 71.3 Å². The molecule has 202 valence electrons. The Bertz CT molecular complexity index is 1150. The van der Waals surface area contributed by atoms with Crippen LogP contribution in [0.4, 0.5) is 4.39 Å². The normalized spacial score (nSPS) is 27.4. The van der Waals surface area contributed by atoms with Crippen LogP contribution in [0.25, 0.3) is 0 Å². The summed E-state index contributed by atoms with van der Waals surface area (Å²) in [4.78, 5) is 42.8. The topological polar surface area (TPSA) is 69.7 Å². The van der Waals surface area contributed by atoms with E-state index in [1.165, 1.54) is 10.5 Å². The highest BCUT2D eigenvalue weighted by Gasteiger charge is 2.51. The number of fused-ring (bicyclic) bond motifs is 2. The summed E-state index contributed by atoms with van der Waals surface area (Å²) in [6.45, 7) is 6.92. The molecule has 3 fully saturated rings. The van der Waals surface area contributed by atoms with E-state index in [9.17, 15) is 18.8 Å². The Morgan fingerprint density at radius 3 is 2.03 bits per heavy atom. The molecule has 3 amide bonds. The van der Waals surface area contributed by atoms with Gasteiger partial charge in [-0.15, -0.1) is 0 Å². The van der Waals surface area contributed by atoms with Crippen molar-refractivity contribution in [1.29, 1.82) is 0 Å². The molecule has 1 aliphatic carbocycles. The Morgan fingerprint density at radius 2 is 1.45 bits per heavy atom. The van der Waals surface area contributed by atoms with Crippen molar-refractivity contribution in [2.75, 3.05) is 19.6 Å². The van der Waals surface area contributed by atoms with Crippen molar-refractivity contribution in [2.45, 2.75) is 64.2 Å².